The molecule has 0 saturated heterocycles. The molecular formula is C23H23N3O3. The number of carbonyl (C=O) groups excluding carboxylic acids is 1. The number of anilines is 2. The van der Waals surface area contributed by atoms with Gasteiger partial charge in [0, 0.05) is 23.8 Å². The van der Waals surface area contributed by atoms with Crippen molar-refractivity contribution in [3.8, 4) is 0 Å². The number of nitro benzene ring substituents is 1. The lowest BCUT2D eigenvalue weighted by Gasteiger charge is -2.33. The maximum atomic E-state index is 13.1. The molecule has 1 atom stereocenters. The number of nitro groups is 1. The van der Waals surface area contributed by atoms with Gasteiger partial charge >= 0.3 is 0 Å². The van der Waals surface area contributed by atoms with Crippen LogP contribution in [0.15, 0.2) is 65.9 Å². The number of allylic oxidation sites excluding steroid dienone is 1. The molecule has 0 spiro atoms. The highest BCUT2D eigenvalue weighted by molar-refractivity contribution is 6.01. The van der Waals surface area contributed by atoms with Crippen molar-refractivity contribution in [2.75, 3.05) is 10.6 Å². The van der Waals surface area contributed by atoms with Crippen molar-refractivity contribution in [3.63, 3.8) is 0 Å². The summed E-state index contributed by atoms with van der Waals surface area (Å²) in [6.45, 7) is 4.19. The number of hydrogen-bond donors (Lipinski definition) is 2. The van der Waals surface area contributed by atoms with Gasteiger partial charge in [-0.1, -0.05) is 44.2 Å². The first-order valence-corrected chi connectivity index (χ1v) is 9.64. The summed E-state index contributed by atoms with van der Waals surface area (Å²) in [6, 6.07) is 14.1. The molecule has 148 valence electrons. The van der Waals surface area contributed by atoms with E-state index >= 15 is 0 Å². The first-order chi connectivity index (χ1) is 13.8. The Hall–Kier alpha value is -3.41. The summed E-state index contributed by atoms with van der Waals surface area (Å²) in [4.78, 5) is 24.0. The molecule has 1 aliphatic heterocycles. The first kappa shape index (κ1) is 18.9. The molecule has 0 unspecified atom stereocenters. The van der Waals surface area contributed by atoms with Crippen LogP contribution < -0.4 is 10.6 Å². The molecule has 2 N–H and O–H groups in total. The number of nitrogens with one attached hydrogen (secondary N) is 2. The molecule has 0 saturated carbocycles. The predicted molar refractivity (Wildman–Crippen MR) is 115 cm³/mol. The van der Waals surface area contributed by atoms with E-state index in [0.717, 1.165) is 23.5 Å². The van der Waals surface area contributed by atoms with Crippen molar-refractivity contribution in [2.45, 2.75) is 32.7 Å². The Bertz CT molecular complexity index is 1050. The Morgan fingerprint density at radius 1 is 1.07 bits per heavy atom. The van der Waals surface area contributed by atoms with Crippen LogP contribution in [0, 0.1) is 15.5 Å². The standard InChI is InChI=1S/C23H23N3O3/c1-23(2)13-19-22(21(27)14-23)18(24-16-8-4-5-9-17(16)25-19)12-11-15-7-3-6-10-20(15)26(28)29/h3-12,18,24-25H,13-14H2,1-2H3/b12-11+/t18-/m0/s1. The highest BCUT2D eigenvalue weighted by atomic mass is 16.6. The molecule has 2 aliphatic rings. The Morgan fingerprint density at radius 2 is 1.76 bits per heavy atom. The number of benzene rings is 2. The van der Waals surface area contributed by atoms with Gasteiger partial charge in [0.2, 0.25) is 0 Å². The molecule has 0 bridgehead atoms. The van der Waals surface area contributed by atoms with Gasteiger partial charge in [-0.25, -0.2) is 0 Å². The van der Waals surface area contributed by atoms with Gasteiger partial charge in [0.15, 0.2) is 5.78 Å². The van der Waals surface area contributed by atoms with Crippen molar-refractivity contribution in [1.82, 2.24) is 0 Å². The summed E-state index contributed by atoms with van der Waals surface area (Å²) in [7, 11) is 0. The Kier molecular flexibility index (Phi) is 4.70. The third kappa shape index (κ3) is 3.78. The topological polar surface area (TPSA) is 84.3 Å². The minimum Gasteiger partial charge on any atom is -0.373 e. The molecule has 29 heavy (non-hydrogen) atoms. The van der Waals surface area contributed by atoms with Gasteiger partial charge < -0.3 is 10.6 Å². The third-order valence-electron chi connectivity index (χ3n) is 5.36. The average Bonchev–Trinajstić information content (AvgIpc) is 2.81. The largest absolute Gasteiger partial charge is 0.373 e. The molecule has 6 nitrogen and oxygen atoms in total. The molecule has 6 heteroatoms. The van der Waals surface area contributed by atoms with E-state index < -0.39 is 4.92 Å². The monoisotopic (exact) mass is 389 g/mol. The summed E-state index contributed by atoms with van der Waals surface area (Å²) in [5.41, 5.74) is 3.87. The molecule has 0 radical (unpaired) electrons. The van der Waals surface area contributed by atoms with E-state index in [4.69, 9.17) is 0 Å². The fourth-order valence-corrected chi connectivity index (χ4v) is 4.07. The quantitative estimate of drug-likeness (QED) is 0.560. The zero-order valence-corrected chi connectivity index (χ0v) is 16.4. The van der Waals surface area contributed by atoms with Gasteiger partial charge in [-0.05, 0) is 36.1 Å². The fraction of sp³-hybridized carbons (Fsp3) is 0.261. The van der Waals surface area contributed by atoms with Gasteiger partial charge in [-0.15, -0.1) is 0 Å². The van der Waals surface area contributed by atoms with Crippen molar-refractivity contribution in [3.05, 3.63) is 81.6 Å². The average molecular weight is 389 g/mol. The molecular weight excluding hydrogens is 366 g/mol. The summed E-state index contributed by atoms with van der Waals surface area (Å²) < 4.78 is 0. The highest BCUT2D eigenvalue weighted by Gasteiger charge is 2.37. The minimum absolute atomic E-state index is 0.0428. The van der Waals surface area contributed by atoms with E-state index in [0.29, 0.717) is 17.6 Å². The second-order valence-electron chi connectivity index (χ2n) is 8.30. The molecule has 2 aromatic rings. The van der Waals surface area contributed by atoms with Crippen LogP contribution in [-0.4, -0.2) is 16.7 Å². The maximum absolute atomic E-state index is 13.1. The number of ketones is 1. The van der Waals surface area contributed by atoms with E-state index in [1.54, 1.807) is 24.3 Å². The predicted octanol–water partition coefficient (Wildman–Crippen LogP) is 5.16. The highest BCUT2D eigenvalue weighted by Crippen LogP contribution is 2.41. The molecule has 1 heterocycles. The normalized spacial score (nSPS) is 20.3. The van der Waals surface area contributed by atoms with Crippen LogP contribution >= 0.6 is 0 Å². The van der Waals surface area contributed by atoms with E-state index in [2.05, 4.69) is 24.5 Å². The zero-order valence-electron chi connectivity index (χ0n) is 16.4. The number of para-hydroxylation sites is 3. The summed E-state index contributed by atoms with van der Waals surface area (Å²) in [5, 5.41) is 18.2. The fourth-order valence-electron chi connectivity index (χ4n) is 4.07. The molecule has 0 aromatic heterocycles. The summed E-state index contributed by atoms with van der Waals surface area (Å²) >= 11 is 0. The molecule has 0 amide bonds. The van der Waals surface area contributed by atoms with Crippen LogP contribution in [0.2, 0.25) is 0 Å². The second-order valence-corrected chi connectivity index (χ2v) is 8.30. The van der Waals surface area contributed by atoms with E-state index in [1.807, 2.05) is 30.3 Å². The van der Waals surface area contributed by atoms with Crippen molar-refractivity contribution in [1.29, 1.82) is 0 Å². The lowest BCUT2D eigenvalue weighted by atomic mass is 9.74. The summed E-state index contributed by atoms with van der Waals surface area (Å²) in [6.07, 6.45) is 4.81. The van der Waals surface area contributed by atoms with Crippen LogP contribution in [0.4, 0.5) is 17.1 Å². The Labute approximate surface area is 169 Å². The SMILES string of the molecule is CC1(C)CC(=O)C2=C(C1)Nc1ccccc1N[C@H]2/C=C/c1ccccc1[N+](=O)[O-]. The number of fused-ring (bicyclic) bond motifs is 1. The van der Waals surface area contributed by atoms with Crippen LogP contribution in [0.1, 0.15) is 32.3 Å². The lowest BCUT2D eigenvalue weighted by Crippen LogP contribution is -2.34. The van der Waals surface area contributed by atoms with Gasteiger partial charge in [-0.2, -0.15) is 0 Å². The number of rotatable bonds is 3. The van der Waals surface area contributed by atoms with E-state index in [9.17, 15) is 14.9 Å². The van der Waals surface area contributed by atoms with Crippen LogP contribution in [0.25, 0.3) is 6.08 Å². The minimum atomic E-state index is -0.393. The zero-order chi connectivity index (χ0) is 20.6. The molecule has 0 fully saturated rings. The number of carbonyl (C=O) groups is 1. The maximum Gasteiger partial charge on any atom is 0.276 e. The number of nitrogens with zero attached hydrogens (tertiary/aromatic N) is 1. The van der Waals surface area contributed by atoms with Gasteiger partial charge in [0.05, 0.1) is 27.9 Å². The van der Waals surface area contributed by atoms with Crippen LogP contribution in [0.5, 0.6) is 0 Å². The van der Waals surface area contributed by atoms with Crippen LogP contribution in [-0.2, 0) is 4.79 Å². The lowest BCUT2D eigenvalue weighted by molar-refractivity contribution is -0.385. The first-order valence-electron chi connectivity index (χ1n) is 9.64. The van der Waals surface area contributed by atoms with Crippen molar-refractivity contribution < 1.29 is 9.72 Å². The molecule has 2 aromatic carbocycles. The van der Waals surface area contributed by atoms with Gasteiger partial charge in [0.1, 0.15) is 0 Å². The Balaban J connectivity index is 1.78. The van der Waals surface area contributed by atoms with E-state index in [-0.39, 0.29) is 22.9 Å². The van der Waals surface area contributed by atoms with Crippen molar-refractivity contribution >= 4 is 28.9 Å². The molecule has 4 rings (SSSR count). The van der Waals surface area contributed by atoms with Gasteiger partial charge in [-0.3, -0.25) is 14.9 Å². The van der Waals surface area contributed by atoms with Crippen LogP contribution in [0.3, 0.4) is 0 Å². The van der Waals surface area contributed by atoms with Gasteiger partial charge in [0.25, 0.3) is 5.69 Å². The third-order valence-corrected chi connectivity index (χ3v) is 5.36. The van der Waals surface area contributed by atoms with E-state index in [1.165, 1.54) is 6.07 Å². The molecule has 1 aliphatic carbocycles. The number of hydrogen-bond acceptors (Lipinski definition) is 5. The number of Topliss-reactive ketones (excluding diaryl/α,β-unsaturated/α-hetero) is 1. The second kappa shape index (κ2) is 7.20. The summed E-state index contributed by atoms with van der Waals surface area (Å²) in [5.74, 6) is 0.0984. The van der Waals surface area contributed by atoms with Crippen molar-refractivity contribution in [2.24, 2.45) is 5.41 Å². The smallest absolute Gasteiger partial charge is 0.276 e. The Morgan fingerprint density at radius 3 is 2.52 bits per heavy atom.